The van der Waals surface area contributed by atoms with Gasteiger partial charge in [0.25, 0.3) is 0 Å². The number of rotatable bonds is 2. The molecule has 0 radical (unpaired) electrons. The van der Waals surface area contributed by atoms with Crippen LogP contribution < -0.4 is 5.73 Å². The number of benzene rings is 3. The first kappa shape index (κ1) is 11.0. The molecule has 0 unspecified atom stereocenters. The maximum atomic E-state index is 5.80. The molecule has 3 aromatic rings. The molecular weight excluding hydrogens is 218 g/mol. The maximum Gasteiger partial charge on any atom is 0.0184 e. The van der Waals surface area contributed by atoms with Gasteiger partial charge in [-0.25, -0.2) is 0 Å². The van der Waals surface area contributed by atoms with Crippen LogP contribution in [0.1, 0.15) is 5.56 Å². The first-order valence-corrected chi connectivity index (χ1v) is 6.16. The van der Waals surface area contributed by atoms with Crippen LogP contribution in [0.15, 0.2) is 66.7 Å². The van der Waals surface area contributed by atoms with Gasteiger partial charge in [-0.05, 0) is 27.5 Å². The summed E-state index contributed by atoms with van der Waals surface area (Å²) in [4.78, 5) is 0. The SMILES string of the molecule is NCc1cccc2c(-c3ccccc3)cccc12. The number of hydrogen-bond donors (Lipinski definition) is 1. The van der Waals surface area contributed by atoms with E-state index < -0.39 is 0 Å². The molecule has 0 saturated heterocycles. The minimum Gasteiger partial charge on any atom is -0.326 e. The topological polar surface area (TPSA) is 26.0 Å². The predicted molar refractivity (Wildman–Crippen MR) is 77.3 cm³/mol. The van der Waals surface area contributed by atoms with Crippen molar-refractivity contribution in [2.24, 2.45) is 5.73 Å². The highest BCUT2D eigenvalue weighted by molar-refractivity contribution is 5.98. The largest absolute Gasteiger partial charge is 0.326 e. The van der Waals surface area contributed by atoms with Gasteiger partial charge in [0, 0.05) is 6.54 Å². The van der Waals surface area contributed by atoms with Gasteiger partial charge in [-0.2, -0.15) is 0 Å². The molecule has 0 atom stereocenters. The minimum absolute atomic E-state index is 0.579. The van der Waals surface area contributed by atoms with Gasteiger partial charge < -0.3 is 5.73 Å². The third-order valence-corrected chi connectivity index (χ3v) is 3.32. The second-order valence-electron chi connectivity index (χ2n) is 4.39. The molecule has 0 saturated carbocycles. The van der Waals surface area contributed by atoms with Gasteiger partial charge in [-0.1, -0.05) is 66.7 Å². The van der Waals surface area contributed by atoms with Gasteiger partial charge in [0.2, 0.25) is 0 Å². The van der Waals surface area contributed by atoms with E-state index in [1.54, 1.807) is 0 Å². The summed E-state index contributed by atoms with van der Waals surface area (Å²) in [6.07, 6.45) is 0. The van der Waals surface area contributed by atoms with Gasteiger partial charge >= 0.3 is 0 Å². The van der Waals surface area contributed by atoms with Crippen molar-refractivity contribution in [1.82, 2.24) is 0 Å². The Labute approximate surface area is 107 Å². The summed E-state index contributed by atoms with van der Waals surface area (Å²) in [6, 6.07) is 23.2. The number of nitrogens with two attached hydrogens (primary N) is 1. The van der Waals surface area contributed by atoms with Gasteiger partial charge in [-0.3, -0.25) is 0 Å². The van der Waals surface area contributed by atoms with E-state index >= 15 is 0 Å². The molecule has 88 valence electrons. The minimum atomic E-state index is 0.579. The molecule has 0 spiro atoms. The van der Waals surface area contributed by atoms with E-state index in [4.69, 9.17) is 5.73 Å². The van der Waals surface area contributed by atoms with Gasteiger partial charge in [0.1, 0.15) is 0 Å². The monoisotopic (exact) mass is 233 g/mol. The molecule has 3 rings (SSSR count). The molecule has 3 aromatic carbocycles. The molecule has 0 aliphatic heterocycles. The van der Waals surface area contributed by atoms with E-state index in [0.717, 1.165) is 0 Å². The molecule has 2 N–H and O–H groups in total. The van der Waals surface area contributed by atoms with Crippen LogP contribution in [0.5, 0.6) is 0 Å². The zero-order valence-corrected chi connectivity index (χ0v) is 10.1. The lowest BCUT2D eigenvalue weighted by Gasteiger charge is -2.09. The molecule has 0 amide bonds. The van der Waals surface area contributed by atoms with Crippen molar-refractivity contribution < 1.29 is 0 Å². The zero-order chi connectivity index (χ0) is 12.4. The Balaban J connectivity index is 2.32. The fraction of sp³-hybridized carbons (Fsp3) is 0.0588. The third kappa shape index (κ3) is 1.79. The summed E-state index contributed by atoms with van der Waals surface area (Å²) in [5.41, 5.74) is 9.52. The van der Waals surface area contributed by atoms with Crippen molar-refractivity contribution in [3.63, 3.8) is 0 Å². The van der Waals surface area contributed by atoms with Crippen LogP contribution in [0.3, 0.4) is 0 Å². The Morgan fingerprint density at radius 2 is 1.39 bits per heavy atom. The van der Waals surface area contributed by atoms with Gasteiger partial charge in [0.05, 0.1) is 0 Å². The van der Waals surface area contributed by atoms with E-state index in [9.17, 15) is 0 Å². The van der Waals surface area contributed by atoms with E-state index in [1.807, 2.05) is 6.07 Å². The normalized spacial score (nSPS) is 10.7. The van der Waals surface area contributed by atoms with Crippen LogP contribution in [0.25, 0.3) is 21.9 Å². The Kier molecular flexibility index (Phi) is 2.83. The highest BCUT2D eigenvalue weighted by atomic mass is 14.5. The fourth-order valence-electron chi connectivity index (χ4n) is 2.42. The first-order chi connectivity index (χ1) is 8.90. The molecule has 0 aliphatic carbocycles. The molecule has 0 fully saturated rings. The van der Waals surface area contributed by atoms with Gasteiger partial charge in [0.15, 0.2) is 0 Å². The lowest BCUT2D eigenvalue weighted by molar-refractivity contribution is 1.09. The summed E-state index contributed by atoms with van der Waals surface area (Å²) in [7, 11) is 0. The van der Waals surface area contributed by atoms with Crippen LogP contribution in [-0.4, -0.2) is 0 Å². The smallest absolute Gasteiger partial charge is 0.0184 e. The fourth-order valence-corrected chi connectivity index (χ4v) is 2.42. The molecule has 18 heavy (non-hydrogen) atoms. The Bertz CT molecular complexity index is 672. The highest BCUT2D eigenvalue weighted by Crippen LogP contribution is 2.29. The van der Waals surface area contributed by atoms with Gasteiger partial charge in [-0.15, -0.1) is 0 Å². The van der Waals surface area contributed by atoms with Crippen molar-refractivity contribution >= 4 is 10.8 Å². The summed E-state index contributed by atoms with van der Waals surface area (Å²) in [6.45, 7) is 0.579. The molecular formula is C17H15N. The van der Waals surface area contributed by atoms with E-state index in [1.165, 1.54) is 27.5 Å². The second kappa shape index (κ2) is 4.63. The van der Waals surface area contributed by atoms with Crippen molar-refractivity contribution in [2.45, 2.75) is 6.54 Å². The van der Waals surface area contributed by atoms with Crippen LogP contribution in [0.2, 0.25) is 0 Å². The lowest BCUT2D eigenvalue weighted by atomic mass is 9.96. The third-order valence-electron chi connectivity index (χ3n) is 3.32. The predicted octanol–water partition coefficient (Wildman–Crippen LogP) is 3.97. The first-order valence-electron chi connectivity index (χ1n) is 6.16. The average molecular weight is 233 g/mol. The summed E-state index contributed by atoms with van der Waals surface area (Å²) in [5, 5.41) is 2.52. The second-order valence-corrected chi connectivity index (χ2v) is 4.39. The highest BCUT2D eigenvalue weighted by Gasteiger charge is 2.05. The summed E-state index contributed by atoms with van der Waals surface area (Å²) >= 11 is 0. The Hall–Kier alpha value is -2.12. The molecule has 0 aliphatic rings. The number of fused-ring (bicyclic) bond motifs is 1. The molecule has 0 aromatic heterocycles. The van der Waals surface area contributed by atoms with Crippen molar-refractivity contribution in [3.8, 4) is 11.1 Å². The zero-order valence-electron chi connectivity index (χ0n) is 10.1. The maximum absolute atomic E-state index is 5.80. The van der Waals surface area contributed by atoms with Crippen molar-refractivity contribution in [3.05, 3.63) is 72.3 Å². The number of hydrogen-bond acceptors (Lipinski definition) is 1. The van der Waals surface area contributed by atoms with Crippen LogP contribution in [-0.2, 0) is 6.54 Å². The quantitative estimate of drug-likeness (QED) is 0.712. The standard InChI is InChI=1S/C17H15N/c18-12-14-8-4-11-17-15(9-5-10-16(14)17)13-6-2-1-3-7-13/h1-11H,12,18H2. The van der Waals surface area contributed by atoms with E-state index in [-0.39, 0.29) is 0 Å². The van der Waals surface area contributed by atoms with E-state index in [0.29, 0.717) is 6.54 Å². The molecule has 0 heterocycles. The molecule has 1 heteroatoms. The molecule has 0 bridgehead atoms. The molecule has 1 nitrogen and oxygen atoms in total. The lowest BCUT2D eigenvalue weighted by Crippen LogP contribution is -1.97. The summed E-state index contributed by atoms with van der Waals surface area (Å²) < 4.78 is 0. The van der Waals surface area contributed by atoms with Crippen molar-refractivity contribution in [1.29, 1.82) is 0 Å². The van der Waals surface area contributed by atoms with Crippen LogP contribution >= 0.6 is 0 Å². The van der Waals surface area contributed by atoms with Crippen LogP contribution in [0.4, 0.5) is 0 Å². The Morgan fingerprint density at radius 1 is 0.667 bits per heavy atom. The Morgan fingerprint density at radius 3 is 2.17 bits per heavy atom. The average Bonchev–Trinajstić information content (AvgIpc) is 2.47. The summed E-state index contributed by atoms with van der Waals surface area (Å²) in [5.74, 6) is 0. The van der Waals surface area contributed by atoms with Crippen LogP contribution in [0, 0.1) is 0 Å². The van der Waals surface area contributed by atoms with Crippen molar-refractivity contribution in [2.75, 3.05) is 0 Å². The van der Waals surface area contributed by atoms with E-state index in [2.05, 4.69) is 60.7 Å².